The number of hydrogen-bond acceptors (Lipinski definition) is 4. The second-order valence-electron chi connectivity index (χ2n) is 3.80. The van der Waals surface area contributed by atoms with Gasteiger partial charge in [-0.25, -0.2) is 0 Å². The highest BCUT2D eigenvalue weighted by Gasteiger charge is 2.42. The fourth-order valence-electron chi connectivity index (χ4n) is 1.41. The van der Waals surface area contributed by atoms with E-state index in [2.05, 4.69) is 15.3 Å². The van der Waals surface area contributed by atoms with E-state index in [1.807, 2.05) is 27.7 Å². The van der Waals surface area contributed by atoms with Crippen LogP contribution in [0.4, 0.5) is 0 Å². The van der Waals surface area contributed by atoms with Crippen LogP contribution in [0, 0.1) is 0 Å². The molecular formula is C7H14N4. The molecule has 0 aliphatic carbocycles. The number of nitrogens with two attached hydrogens (primary N) is 1. The summed E-state index contributed by atoms with van der Waals surface area (Å²) in [4.78, 5) is 0. The van der Waals surface area contributed by atoms with Crippen LogP contribution >= 0.6 is 0 Å². The van der Waals surface area contributed by atoms with E-state index in [1.165, 1.54) is 0 Å². The average molecular weight is 154 g/mol. The Hall–Kier alpha value is -0.930. The maximum absolute atomic E-state index is 5.25. The zero-order valence-corrected chi connectivity index (χ0v) is 7.42. The number of hydrazone groups is 1. The molecule has 0 saturated heterocycles. The molecule has 0 spiro atoms. The van der Waals surface area contributed by atoms with Crippen molar-refractivity contribution < 1.29 is 0 Å². The predicted octanol–water partition coefficient (Wildman–Crippen LogP) is 1.32. The molecule has 0 aromatic rings. The number of azo groups is 1. The van der Waals surface area contributed by atoms with E-state index in [4.69, 9.17) is 5.84 Å². The summed E-state index contributed by atoms with van der Waals surface area (Å²) in [5.41, 5.74) is 0.196. The fourth-order valence-corrected chi connectivity index (χ4v) is 1.41. The molecule has 1 aliphatic rings. The van der Waals surface area contributed by atoms with E-state index >= 15 is 0 Å². The van der Waals surface area contributed by atoms with Crippen LogP contribution in [0.2, 0.25) is 0 Å². The van der Waals surface area contributed by atoms with Crippen LogP contribution in [-0.2, 0) is 0 Å². The Kier molecular flexibility index (Phi) is 1.51. The smallest absolute Gasteiger partial charge is 0.118 e. The van der Waals surface area contributed by atoms with Gasteiger partial charge in [-0.2, -0.15) is 15.3 Å². The highest BCUT2D eigenvalue weighted by molar-refractivity contribution is 6.01. The number of nitrogens with zero attached hydrogens (tertiary/aromatic N) is 3. The third-order valence-electron chi connectivity index (χ3n) is 1.84. The lowest BCUT2D eigenvalue weighted by Crippen LogP contribution is -2.39. The molecule has 0 aromatic carbocycles. The highest BCUT2D eigenvalue weighted by Crippen LogP contribution is 2.31. The van der Waals surface area contributed by atoms with E-state index in [-0.39, 0.29) is 11.1 Å². The van der Waals surface area contributed by atoms with Crippen LogP contribution in [0.15, 0.2) is 15.3 Å². The maximum atomic E-state index is 5.25. The molecule has 1 rings (SSSR count). The van der Waals surface area contributed by atoms with Gasteiger partial charge in [0.1, 0.15) is 11.1 Å². The summed E-state index contributed by atoms with van der Waals surface area (Å²) in [6.07, 6.45) is 0. The lowest BCUT2D eigenvalue weighted by molar-refractivity contribution is 0.678. The van der Waals surface area contributed by atoms with Crippen molar-refractivity contribution in [3.63, 3.8) is 0 Å². The van der Waals surface area contributed by atoms with Gasteiger partial charge in [-0.15, -0.1) is 0 Å². The van der Waals surface area contributed by atoms with Crippen molar-refractivity contribution >= 4 is 5.71 Å². The topological polar surface area (TPSA) is 63.1 Å². The van der Waals surface area contributed by atoms with Gasteiger partial charge in [-0.05, 0) is 27.7 Å². The normalized spacial score (nSPS) is 25.6. The van der Waals surface area contributed by atoms with Crippen LogP contribution in [0.3, 0.4) is 0 Å². The average Bonchev–Trinajstić information content (AvgIpc) is 2.03. The van der Waals surface area contributed by atoms with E-state index in [0.29, 0.717) is 0 Å². The van der Waals surface area contributed by atoms with Gasteiger partial charge in [0.05, 0.1) is 5.71 Å². The Morgan fingerprint density at radius 3 is 1.64 bits per heavy atom. The zero-order valence-electron chi connectivity index (χ0n) is 7.42. The molecule has 0 atom stereocenters. The monoisotopic (exact) mass is 154 g/mol. The minimum Gasteiger partial charge on any atom is -0.323 e. The third kappa shape index (κ3) is 1.13. The van der Waals surface area contributed by atoms with Crippen LogP contribution < -0.4 is 5.84 Å². The molecule has 11 heavy (non-hydrogen) atoms. The molecule has 1 heterocycles. The van der Waals surface area contributed by atoms with Gasteiger partial charge >= 0.3 is 0 Å². The van der Waals surface area contributed by atoms with Gasteiger partial charge in [0.25, 0.3) is 0 Å². The Bertz CT molecular complexity index is 205. The molecule has 1 aliphatic heterocycles. The fraction of sp³-hybridized carbons (Fsp3) is 0.857. The number of rotatable bonds is 0. The second-order valence-corrected chi connectivity index (χ2v) is 3.80. The molecule has 62 valence electrons. The summed E-state index contributed by atoms with van der Waals surface area (Å²) in [5.74, 6) is 5.25. The minimum absolute atomic E-state index is 0.321. The van der Waals surface area contributed by atoms with Gasteiger partial charge in [-0.3, -0.25) is 0 Å². The molecule has 0 fully saturated rings. The van der Waals surface area contributed by atoms with Gasteiger partial charge in [0.15, 0.2) is 0 Å². The largest absolute Gasteiger partial charge is 0.323 e. The Labute approximate surface area is 66.6 Å². The standard InChI is InChI=1S/C7H14N4/c1-6(2)5(9-8)7(3,4)11-10-6/h8H2,1-4H3. The van der Waals surface area contributed by atoms with Gasteiger partial charge in [0, 0.05) is 0 Å². The van der Waals surface area contributed by atoms with E-state index < -0.39 is 0 Å². The summed E-state index contributed by atoms with van der Waals surface area (Å²) >= 11 is 0. The van der Waals surface area contributed by atoms with Crippen molar-refractivity contribution in [2.45, 2.75) is 38.8 Å². The van der Waals surface area contributed by atoms with Crippen LogP contribution in [0.1, 0.15) is 27.7 Å². The van der Waals surface area contributed by atoms with E-state index in [9.17, 15) is 0 Å². The number of hydrogen-bond donors (Lipinski definition) is 1. The molecule has 2 N–H and O–H groups in total. The lowest BCUT2D eigenvalue weighted by Gasteiger charge is -2.20. The van der Waals surface area contributed by atoms with Crippen molar-refractivity contribution in [1.82, 2.24) is 0 Å². The summed E-state index contributed by atoms with van der Waals surface area (Å²) < 4.78 is 0. The Balaban J connectivity index is 3.09. The molecular weight excluding hydrogens is 140 g/mol. The molecule has 0 bridgehead atoms. The van der Waals surface area contributed by atoms with Crippen LogP contribution in [0.5, 0.6) is 0 Å². The Morgan fingerprint density at radius 2 is 1.45 bits per heavy atom. The van der Waals surface area contributed by atoms with E-state index in [0.717, 1.165) is 5.71 Å². The van der Waals surface area contributed by atoms with Crippen LogP contribution in [-0.4, -0.2) is 16.8 Å². The summed E-state index contributed by atoms with van der Waals surface area (Å²) in [5, 5.41) is 11.9. The zero-order chi connectivity index (χ0) is 8.70. The van der Waals surface area contributed by atoms with Crippen LogP contribution in [0.25, 0.3) is 0 Å². The molecule has 0 radical (unpaired) electrons. The summed E-state index contributed by atoms with van der Waals surface area (Å²) in [6.45, 7) is 7.82. The van der Waals surface area contributed by atoms with Crippen molar-refractivity contribution in [2.24, 2.45) is 21.2 Å². The predicted molar refractivity (Wildman–Crippen MR) is 44.6 cm³/mol. The quantitative estimate of drug-likeness (QED) is 0.415. The highest BCUT2D eigenvalue weighted by atomic mass is 15.3. The van der Waals surface area contributed by atoms with Crippen molar-refractivity contribution in [2.75, 3.05) is 0 Å². The third-order valence-corrected chi connectivity index (χ3v) is 1.84. The summed E-state index contributed by atoms with van der Waals surface area (Å²) in [6, 6.07) is 0. The maximum Gasteiger partial charge on any atom is 0.118 e. The lowest BCUT2D eigenvalue weighted by atomic mass is 9.87. The summed E-state index contributed by atoms with van der Waals surface area (Å²) in [7, 11) is 0. The SMILES string of the molecule is CC1(C)N=NC(C)(C)C1=NN. The molecule has 4 heteroatoms. The minimum atomic E-state index is -0.321. The molecule has 0 amide bonds. The van der Waals surface area contributed by atoms with Gasteiger partial charge < -0.3 is 5.84 Å². The van der Waals surface area contributed by atoms with Gasteiger partial charge in [0.2, 0.25) is 0 Å². The Morgan fingerprint density at radius 1 is 1.09 bits per heavy atom. The van der Waals surface area contributed by atoms with E-state index in [1.54, 1.807) is 0 Å². The molecule has 0 saturated carbocycles. The first-order valence-corrected chi connectivity index (χ1v) is 3.63. The first-order chi connectivity index (χ1) is 4.90. The molecule has 0 unspecified atom stereocenters. The molecule has 0 aromatic heterocycles. The molecule has 4 nitrogen and oxygen atoms in total. The first kappa shape index (κ1) is 8.17. The first-order valence-electron chi connectivity index (χ1n) is 3.63. The van der Waals surface area contributed by atoms with Crippen molar-refractivity contribution in [3.8, 4) is 0 Å². The second kappa shape index (κ2) is 2.03. The van der Waals surface area contributed by atoms with Crippen molar-refractivity contribution in [3.05, 3.63) is 0 Å². The van der Waals surface area contributed by atoms with Gasteiger partial charge in [-0.1, -0.05) is 0 Å². The van der Waals surface area contributed by atoms with Crippen molar-refractivity contribution in [1.29, 1.82) is 0 Å².